The Kier molecular flexibility index (Phi) is 6.80. The molecule has 0 radical (unpaired) electrons. The molecule has 0 spiro atoms. The monoisotopic (exact) mass is 489 g/mol. The van der Waals surface area contributed by atoms with Crippen LogP contribution >= 0.6 is 31.9 Å². The number of rotatable bonds is 7. The van der Waals surface area contributed by atoms with E-state index in [2.05, 4.69) is 62.3 Å². The third-order valence-corrected chi connectivity index (χ3v) is 5.40. The van der Waals surface area contributed by atoms with Gasteiger partial charge in [0.2, 0.25) is 0 Å². The SMILES string of the molecule is COc1cc(CNc2ccc(Br)cc2)c(Br)cc1OCc1cccc(C)c1. The summed E-state index contributed by atoms with van der Waals surface area (Å²) in [4.78, 5) is 0. The zero-order valence-electron chi connectivity index (χ0n) is 15.3. The van der Waals surface area contributed by atoms with E-state index in [9.17, 15) is 0 Å². The van der Waals surface area contributed by atoms with Gasteiger partial charge in [-0.25, -0.2) is 0 Å². The summed E-state index contributed by atoms with van der Waals surface area (Å²) in [6, 6.07) is 20.4. The van der Waals surface area contributed by atoms with Crippen molar-refractivity contribution in [2.75, 3.05) is 12.4 Å². The molecule has 0 aliphatic rings. The standard InChI is InChI=1S/C22H21Br2NO2/c1-15-4-3-5-16(10-15)14-27-22-12-20(24)17(11-21(22)26-2)13-25-19-8-6-18(23)7-9-19/h3-12,25H,13-14H2,1-2H3. The summed E-state index contributed by atoms with van der Waals surface area (Å²) in [6.07, 6.45) is 0. The van der Waals surface area contributed by atoms with Crippen LogP contribution in [0.15, 0.2) is 69.6 Å². The molecule has 0 saturated carbocycles. The Labute approximate surface area is 177 Å². The first kappa shape index (κ1) is 19.8. The first-order valence-corrected chi connectivity index (χ1v) is 10.2. The zero-order chi connectivity index (χ0) is 19.2. The maximum absolute atomic E-state index is 6.00. The Balaban J connectivity index is 1.71. The van der Waals surface area contributed by atoms with E-state index in [-0.39, 0.29) is 0 Å². The number of halogens is 2. The van der Waals surface area contributed by atoms with Crippen molar-refractivity contribution in [3.63, 3.8) is 0 Å². The van der Waals surface area contributed by atoms with Gasteiger partial charge in [0.25, 0.3) is 0 Å². The Bertz CT molecular complexity index is 911. The lowest BCUT2D eigenvalue weighted by atomic mass is 10.1. The molecule has 0 aromatic heterocycles. The molecule has 0 bridgehead atoms. The quantitative estimate of drug-likeness (QED) is 0.398. The lowest BCUT2D eigenvalue weighted by molar-refractivity contribution is 0.284. The van der Waals surface area contributed by atoms with Gasteiger partial charge in [0.15, 0.2) is 11.5 Å². The van der Waals surface area contributed by atoms with Crippen molar-refractivity contribution in [1.29, 1.82) is 0 Å². The summed E-state index contributed by atoms with van der Waals surface area (Å²) < 4.78 is 13.6. The predicted molar refractivity (Wildman–Crippen MR) is 118 cm³/mol. The molecule has 1 N–H and O–H groups in total. The van der Waals surface area contributed by atoms with Crippen LogP contribution in [0, 0.1) is 6.92 Å². The lowest BCUT2D eigenvalue weighted by Gasteiger charge is -2.15. The molecule has 0 amide bonds. The highest BCUT2D eigenvalue weighted by molar-refractivity contribution is 9.10. The minimum atomic E-state index is 0.501. The van der Waals surface area contributed by atoms with Gasteiger partial charge in [-0.05, 0) is 54.4 Å². The lowest BCUT2D eigenvalue weighted by Crippen LogP contribution is -2.03. The highest BCUT2D eigenvalue weighted by atomic mass is 79.9. The van der Waals surface area contributed by atoms with E-state index in [1.54, 1.807) is 7.11 Å². The van der Waals surface area contributed by atoms with Gasteiger partial charge in [0.1, 0.15) is 6.61 Å². The van der Waals surface area contributed by atoms with Gasteiger partial charge in [-0.3, -0.25) is 0 Å². The molecule has 140 valence electrons. The molecule has 0 aliphatic carbocycles. The summed E-state index contributed by atoms with van der Waals surface area (Å²) in [5.41, 5.74) is 4.51. The average molecular weight is 491 g/mol. The predicted octanol–water partition coefficient (Wildman–Crippen LogP) is 6.72. The normalized spacial score (nSPS) is 10.5. The largest absolute Gasteiger partial charge is 0.493 e. The average Bonchev–Trinajstić information content (AvgIpc) is 2.67. The van der Waals surface area contributed by atoms with E-state index in [1.165, 1.54) is 5.56 Å². The molecule has 5 heteroatoms. The maximum Gasteiger partial charge on any atom is 0.162 e. The summed E-state index contributed by atoms with van der Waals surface area (Å²) in [5, 5.41) is 3.42. The fraction of sp³-hybridized carbons (Fsp3) is 0.182. The van der Waals surface area contributed by atoms with Gasteiger partial charge in [-0.15, -0.1) is 0 Å². The van der Waals surface area contributed by atoms with E-state index in [4.69, 9.17) is 9.47 Å². The van der Waals surface area contributed by atoms with Crippen LogP contribution in [-0.2, 0) is 13.2 Å². The van der Waals surface area contributed by atoms with Crippen molar-refractivity contribution in [1.82, 2.24) is 0 Å². The third-order valence-electron chi connectivity index (χ3n) is 4.14. The second-order valence-electron chi connectivity index (χ2n) is 6.23. The Morgan fingerprint density at radius 1 is 0.926 bits per heavy atom. The van der Waals surface area contributed by atoms with Gasteiger partial charge >= 0.3 is 0 Å². The third kappa shape index (κ3) is 5.50. The van der Waals surface area contributed by atoms with Crippen molar-refractivity contribution in [2.24, 2.45) is 0 Å². The molecule has 0 aliphatic heterocycles. The highest BCUT2D eigenvalue weighted by Gasteiger charge is 2.11. The molecule has 3 nitrogen and oxygen atoms in total. The molecule has 0 heterocycles. The molecule has 0 unspecified atom stereocenters. The minimum Gasteiger partial charge on any atom is -0.493 e. The first-order valence-electron chi connectivity index (χ1n) is 8.59. The molecule has 3 rings (SSSR count). The van der Waals surface area contributed by atoms with Crippen molar-refractivity contribution in [3.8, 4) is 11.5 Å². The number of hydrogen-bond donors (Lipinski definition) is 1. The smallest absolute Gasteiger partial charge is 0.162 e. The van der Waals surface area contributed by atoms with Crippen LogP contribution < -0.4 is 14.8 Å². The van der Waals surface area contributed by atoms with Gasteiger partial charge in [-0.1, -0.05) is 61.7 Å². The number of aryl methyl sites for hydroxylation is 1. The van der Waals surface area contributed by atoms with E-state index >= 15 is 0 Å². The van der Waals surface area contributed by atoms with E-state index in [0.29, 0.717) is 13.2 Å². The molecule has 27 heavy (non-hydrogen) atoms. The van der Waals surface area contributed by atoms with Crippen molar-refractivity contribution in [3.05, 3.63) is 86.3 Å². The minimum absolute atomic E-state index is 0.501. The summed E-state index contributed by atoms with van der Waals surface area (Å²) in [7, 11) is 1.66. The van der Waals surface area contributed by atoms with Crippen LogP contribution in [0.4, 0.5) is 5.69 Å². The fourth-order valence-electron chi connectivity index (χ4n) is 2.71. The Morgan fingerprint density at radius 2 is 1.70 bits per heavy atom. The van der Waals surface area contributed by atoms with Crippen LogP contribution in [0.2, 0.25) is 0 Å². The van der Waals surface area contributed by atoms with Crippen molar-refractivity contribution >= 4 is 37.5 Å². The molecule has 3 aromatic carbocycles. The Hall–Kier alpha value is -1.98. The van der Waals surface area contributed by atoms with Gasteiger partial charge in [-0.2, -0.15) is 0 Å². The number of anilines is 1. The second kappa shape index (κ2) is 9.29. The van der Waals surface area contributed by atoms with E-state index < -0.39 is 0 Å². The van der Waals surface area contributed by atoms with Crippen molar-refractivity contribution < 1.29 is 9.47 Å². The first-order chi connectivity index (χ1) is 13.0. The highest BCUT2D eigenvalue weighted by Crippen LogP contribution is 2.34. The van der Waals surface area contributed by atoms with Crippen LogP contribution in [0.5, 0.6) is 11.5 Å². The number of methoxy groups -OCH3 is 1. The number of benzene rings is 3. The maximum atomic E-state index is 6.00. The molecular formula is C22H21Br2NO2. The van der Waals surface area contributed by atoms with Crippen LogP contribution in [0.3, 0.4) is 0 Å². The van der Waals surface area contributed by atoms with Gasteiger partial charge < -0.3 is 14.8 Å². The fourth-order valence-corrected chi connectivity index (χ4v) is 3.44. The number of ether oxygens (including phenoxy) is 2. The van der Waals surface area contributed by atoms with Crippen LogP contribution in [-0.4, -0.2) is 7.11 Å². The van der Waals surface area contributed by atoms with Crippen LogP contribution in [0.1, 0.15) is 16.7 Å². The van der Waals surface area contributed by atoms with Gasteiger partial charge in [0.05, 0.1) is 7.11 Å². The molecule has 0 saturated heterocycles. The molecule has 3 aromatic rings. The van der Waals surface area contributed by atoms with Crippen LogP contribution in [0.25, 0.3) is 0 Å². The summed E-state index contributed by atoms with van der Waals surface area (Å²) >= 11 is 7.10. The zero-order valence-corrected chi connectivity index (χ0v) is 18.4. The topological polar surface area (TPSA) is 30.5 Å². The van der Waals surface area contributed by atoms with Gasteiger partial charge in [0, 0.05) is 21.2 Å². The Morgan fingerprint density at radius 3 is 2.41 bits per heavy atom. The summed E-state index contributed by atoms with van der Waals surface area (Å²) in [6.45, 7) is 3.26. The second-order valence-corrected chi connectivity index (χ2v) is 8.00. The summed E-state index contributed by atoms with van der Waals surface area (Å²) in [5.74, 6) is 1.44. The van der Waals surface area contributed by atoms with E-state index in [1.807, 2.05) is 42.5 Å². The number of nitrogens with one attached hydrogen (secondary N) is 1. The molecule has 0 atom stereocenters. The number of hydrogen-bond acceptors (Lipinski definition) is 3. The van der Waals surface area contributed by atoms with Crippen molar-refractivity contribution in [2.45, 2.75) is 20.1 Å². The van der Waals surface area contributed by atoms with E-state index in [0.717, 1.165) is 37.3 Å². The molecule has 0 fully saturated rings. The molecular weight excluding hydrogens is 470 g/mol.